The van der Waals surface area contributed by atoms with Crippen LogP contribution in [0.15, 0.2) is 41.5 Å². The van der Waals surface area contributed by atoms with Gasteiger partial charge in [0.05, 0.1) is 18.8 Å². The van der Waals surface area contributed by atoms with Crippen LogP contribution < -0.4 is 10.6 Å². The average molecular weight is 328 g/mol. The van der Waals surface area contributed by atoms with Gasteiger partial charge in [0, 0.05) is 26.3 Å². The third kappa shape index (κ3) is 5.38. The van der Waals surface area contributed by atoms with Crippen LogP contribution in [0.25, 0.3) is 0 Å². The first kappa shape index (κ1) is 18.0. The number of guanidine groups is 1. The van der Waals surface area contributed by atoms with E-state index in [-0.39, 0.29) is 0 Å². The maximum Gasteiger partial charge on any atom is 0.191 e. The van der Waals surface area contributed by atoms with Gasteiger partial charge in [-0.25, -0.2) is 4.99 Å². The highest BCUT2D eigenvalue weighted by molar-refractivity contribution is 5.79. The Hall–Kier alpha value is -2.34. The topological polar surface area (TPSA) is 57.5 Å². The molecule has 0 aliphatic carbocycles. The van der Waals surface area contributed by atoms with E-state index in [9.17, 15) is 0 Å². The van der Waals surface area contributed by atoms with E-state index in [4.69, 9.17) is 4.99 Å². The second kappa shape index (κ2) is 9.08. The second-order valence-corrected chi connectivity index (χ2v) is 6.00. The van der Waals surface area contributed by atoms with E-state index in [1.807, 2.05) is 17.8 Å². The molecule has 1 aromatic heterocycles. The first-order valence-corrected chi connectivity index (χ1v) is 8.30. The largest absolute Gasteiger partial charge is 0.357 e. The van der Waals surface area contributed by atoms with Crippen LogP contribution in [0.5, 0.6) is 0 Å². The first-order valence-electron chi connectivity index (χ1n) is 8.30. The molecule has 1 heterocycles. The van der Waals surface area contributed by atoms with Crippen LogP contribution in [0, 0.1) is 0 Å². The first-order chi connectivity index (χ1) is 11.6. The molecule has 0 radical (unpaired) electrons. The van der Waals surface area contributed by atoms with Crippen molar-refractivity contribution in [3.05, 3.63) is 53.3 Å². The molecule has 0 unspecified atom stereocenters. The normalized spacial score (nSPS) is 11.8. The molecule has 6 nitrogen and oxygen atoms in total. The SMILES string of the molecule is CCNC(=NCc1ccccc1CN(C)C)NCc1ccnn1C. The summed E-state index contributed by atoms with van der Waals surface area (Å²) in [5.41, 5.74) is 3.69. The van der Waals surface area contributed by atoms with Crippen molar-refractivity contribution in [2.24, 2.45) is 12.0 Å². The molecule has 6 heteroatoms. The van der Waals surface area contributed by atoms with Crippen molar-refractivity contribution >= 4 is 5.96 Å². The van der Waals surface area contributed by atoms with E-state index < -0.39 is 0 Å². The third-order valence-electron chi connectivity index (χ3n) is 3.72. The third-order valence-corrected chi connectivity index (χ3v) is 3.72. The minimum atomic E-state index is 0.657. The van der Waals surface area contributed by atoms with Crippen molar-refractivity contribution in [1.82, 2.24) is 25.3 Å². The minimum Gasteiger partial charge on any atom is -0.357 e. The zero-order valence-electron chi connectivity index (χ0n) is 15.1. The Labute approximate surface area is 144 Å². The lowest BCUT2D eigenvalue weighted by atomic mass is 10.1. The highest BCUT2D eigenvalue weighted by Gasteiger charge is 2.04. The maximum absolute atomic E-state index is 4.73. The van der Waals surface area contributed by atoms with Gasteiger partial charge in [0.1, 0.15) is 0 Å². The van der Waals surface area contributed by atoms with E-state index in [2.05, 4.69) is 65.9 Å². The summed E-state index contributed by atoms with van der Waals surface area (Å²) in [6, 6.07) is 10.5. The number of aromatic nitrogens is 2. The van der Waals surface area contributed by atoms with Crippen LogP contribution in [0.1, 0.15) is 23.7 Å². The van der Waals surface area contributed by atoms with Crippen molar-refractivity contribution in [3.63, 3.8) is 0 Å². The molecule has 0 aliphatic rings. The quantitative estimate of drug-likeness (QED) is 0.600. The predicted molar refractivity (Wildman–Crippen MR) is 98.7 cm³/mol. The van der Waals surface area contributed by atoms with Gasteiger partial charge in [-0.2, -0.15) is 5.10 Å². The van der Waals surface area contributed by atoms with Crippen molar-refractivity contribution < 1.29 is 0 Å². The fourth-order valence-electron chi connectivity index (χ4n) is 2.46. The summed E-state index contributed by atoms with van der Waals surface area (Å²) in [6.45, 7) is 5.18. The Kier molecular flexibility index (Phi) is 6.81. The summed E-state index contributed by atoms with van der Waals surface area (Å²) in [5.74, 6) is 0.818. The highest BCUT2D eigenvalue weighted by atomic mass is 15.3. The van der Waals surface area contributed by atoms with Crippen LogP contribution in [0.2, 0.25) is 0 Å². The Bertz CT molecular complexity index is 659. The van der Waals surface area contributed by atoms with Crippen LogP contribution in [-0.4, -0.2) is 41.3 Å². The Morgan fingerprint density at radius 1 is 1.17 bits per heavy atom. The van der Waals surface area contributed by atoms with Crippen molar-refractivity contribution in [2.45, 2.75) is 26.6 Å². The van der Waals surface area contributed by atoms with Gasteiger partial charge >= 0.3 is 0 Å². The summed E-state index contributed by atoms with van der Waals surface area (Å²) >= 11 is 0. The number of aliphatic imine (C=N–C) groups is 1. The summed E-state index contributed by atoms with van der Waals surface area (Å²) in [6.07, 6.45) is 1.80. The number of rotatable bonds is 7. The molecule has 24 heavy (non-hydrogen) atoms. The summed E-state index contributed by atoms with van der Waals surface area (Å²) in [7, 11) is 6.11. The van der Waals surface area contributed by atoms with Gasteiger partial charge in [-0.15, -0.1) is 0 Å². The molecule has 0 amide bonds. The summed E-state index contributed by atoms with van der Waals surface area (Å²) < 4.78 is 1.86. The van der Waals surface area contributed by atoms with Crippen LogP contribution in [-0.2, 0) is 26.7 Å². The van der Waals surface area contributed by atoms with E-state index in [1.165, 1.54) is 11.1 Å². The fraction of sp³-hybridized carbons (Fsp3) is 0.444. The summed E-state index contributed by atoms with van der Waals surface area (Å²) in [4.78, 5) is 6.90. The number of nitrogens with zero attached hydrogens (tertiary/aromatic N) is 4. The Balaban J connectivity index is 2.04. The van der Waals surface area contributed by atoms with Crippen LogP contribution in [0.4, 0.5) is 0 Å². The van der Waals surface area contributed by atoms with Gasteiger partial charge in [0.15, 0.2) is 5.96 Å². The molecule has 0 saturated carbocycles. The molecule has 2 N–H and O–H groups in total. The second-order valence-electron chi connectivity index (χ2n) is 6.00. The molecule has 2 rings (SSSR count). The Morgan fingerprint density at radius 3 is 2.54 bits per heavy atom. The lowest BCUT2D eigenvalue weighted by Crippen LogP contribution is -2.37. The van der Waals surface area contributed by atoms with Gasteiger partial charge in [-0.05, 0) is 38.2 Å². The zero-order valence-corrected chi connectivity index (χ0v) is 15.1. The molecule has 0 aliphatic heterocycles. The highest BCUT2D eigenvalue weighted by Crippen LogP contribution is 2.11. The number of benzene rings is 1. The van der Waals surface area contributed by atoms with Crippen molar-refractivity contribution in [2.75, 3.05) is 20.6 Å². The number of hydrogen-bond acceptors (Lipinski definition) is 3. The van der Waals surface area contributed by atoms with E-state index in [0.29, 0.717) is 13.1 Å². The molecular formula is C18H28N6. The molecule has 0 fully saturated rings. The molecule has 0 atom stereocenters. The molecule has 1 aromatic carbocycles. The summed E-state index contributed by atoms with van der Waals surface area (Å²) in [5, 5.41) is 10.8. The maximum atomic E-state index is 4.73. The van der Waals surface area contributed by atoms with Crippen LogP contribution >= 0.6 is 0 Å². The average Bonchev–Trinajstić information content (AvgIpc) is 2.96. The van der Waals surface area contributed by atoms with Crippen molar-refractivity contribution in [1.29, 1.82) is 0 Å². The van der Waals surface area contributed by atoms with Gasteiger partial charge in [-0.3, -0.25) is 4.68 Å². The monoisotopic (exact) mass is 328 g/mol. The lowest BCUT2D eigenvalue weighted by molar-refractivity contribution is 0.401. The standard InChI is InChI=1S/C18H28N6/c1-5-19-18(21-13-17-10-11-22-24(17)4)20-12-15-8-6-7-9-16(15)14-23(2)3/h6-11H,5,12-14H2,1-4H3,(H2,19,20,21). The zero-order chi connectivity index (χ0) is 17.4. The molecule has 130 valence electrons. The molecule has 0 spiro atoms. The van der Waals surface area contributed by atoms with Crippen molar-refractivity contribution in [3.8, 4) is 0 Å². The smallest absolute Gasteiger partial charge is 0.191 e. The minimum absolute atomic E-state index is 0.657. The van der Waals surface area contributed by atoms with E-state index >= 15 is 0 Å². The fourth-order valence-corrected chi connectivity index (χ4v) is 2.46. The predicted octanol–water partition coefficient (Wildman–Crippen LogP) is 1.74. The molecule has 0 saturated heterocycles. The molecular weight excluding hydrogens is 300 g/mol. The Morgan fingerprint density at radius 2 is 1.92 bits per heavy atom. The van der Waals surface area contributed by atoms with E-state index in [1.54, 1.807) is 6.20 Å². The van der Waals surface area contributed by atoms with E-state index in [0.717, 1.165) is 24.7 Å². The lowest BCUT2D eigenvalue weighted by Gasteiger charge is -2.14. The van der Waals surface area contributed by atoms with Gasteiger partial charge in [0.2, 0.25) is 0 Å². The van der Waals surface area contributed by atoms with Gasteiger partial charge in [-0.1, -0.05) is 24.3 Å². The number of nitrogens with one attached hydrogen (secondary N) is 2. The van der Waals surface area contributed by atoms with Crippen LogP contribution in [0.3, 0.4) is 0 Å². The number of aryl methyl sites for hydroxylation is 1. The molecule has 0 bridgehead atoms. The van der Waals surface area contributed by atoms with Gasteiger partial charge < -0.3 is 15.5 Å². The van der Waals surface area contributed by atoms with Gasteiger partial charge in [0.25, 0.3) is 0 Å². The molecule has 2 aromatic rings. The number of hydrogen-bond donors (Lipinski definition) is 2.